The molecule has 0 saturated heterocycles. The molecule has 0 aliphatic carbocycles. The van der Waals surface area contributed by atoms with Crippen molar-refractivity contribution in [2.75, 3.05) is 23.7 Å². The number of hydrogen-bond donors (Lipinski definition) is 1. The van der Waals surface area contributed by atoms with Gasteiger partial charge in [0, 0.05) is 19.2 Å². The van der Waals surface area contributed by atoms with E-state index in [-0.39, 0.29) is 5.82 Å². The van der Waals surface area contributed by atoms with E-state index in [9.17, 15) is 4.39 Å². The van der Waals surface area contributed by atoms with Gasteiger partial charge in [-0.1, -0.05) is 13.8 Å². The van der Waals surface area contributed by atoms with Crippen molar-refractivity contribution in [2.45, 2.75) is 20.3 Å². The standard InChI is InChI=1S/C13H17BrFN3/c1-9(2)8-18(5-3-4-16)13-6-10(14)11(15)7-12(13)17/h6-7,9H,3,5,8,17H2,1-2H3. The van der Waals surface area contributed by atoms with Crippen molar-refractivity contribution in [1.82, 2.24) is 0 Å². The highest BCUT2D eigenvalue weighted by Crippen LogP contribution is 2.30. The molecule has 98 valence electrons. The van der Waals surface area contributed by atoms with E-state index < -0.39 is 0 Å². The zero-order valence-electron chi connectivity index (χ0n) is 10.6. The molecule has 3 nitrogen and oxygen atoms in total. The molecule has 1 aromatic carbocycles. The summed E-state index contributed by atoms with van der Waals surface area (Å²) in [6.45, 7) is 5.56. The van der Waals surface area contributed by atoms with Crippen molar-refractivity contribution < 1.29 is 4.39 Å². The third-order valence-corrected chi connectivity index (χ3v) is 3.10. The minimum Gasteiger partial charge on any atom is -0.397 e. The Morgan fingerprint density at radius 3 is 2.72 bits per heavy atom. The number of nitrogens with zero attached hydrogens (tertiary/aromatic N) is 2. The fraction of sp³-hybridized carbons (Fsp3) is 0.462. The van der Waals surface area contributed by atoms with Crippen molar-refractivity contribution in [1.29, 1.82) is 5.26 Å². The van der Waals surface area contributed by atoms with Gasteiger partial charge in [-0.05, 0) is 27.9 Å². The molecule has 0 spiro atoms. The lowest BCUT2D eigenvalue weighted by Gasteiger charge is -2.27. The second kappa shape index (κ2) is 6.60. The van der Waals surface area contributed by atoms with Gasteiger partial charge in [-0.25, -0.2) is 4.39 Å². The summed E-state index contributed by atoms with van der Waals surface area (Å²) >= 11 is 3.16. The summed E-state index contributed by atoms with van der Waals surface area (Å²) in [5.74, 6) is 0.0629. The molecule has 0 aliphatic rings. The average Bonchev–Trinajstić information content (AvgIpc) is 2.29. The highest BCUT2D eigenvalue weighted by molar-refractivity contribution is 9.10. The third kappa shape index (κ3) is 3.88. The summed E-state index contributed by atoms with van der Waals surface area (Å²) in [5, 5.41) is 8.69. The molecule has 0 unspecified atom stereocenters. The second-order valence-electron chi connectivity index (χ2n) is 4.57. The first-order chi connectivity index (χ1) is 8.45. The highest BCUT2D eigenvalue weighted by atomic mass is 79.9. The Bertz CT molecular complexity index is 454. The van der Waals surface area contributed by atoms with E-state index in [1.54, 1.807) is 6.07 Å². The van der Waals surface area contributed by atoms with E-state index in [1.807, 2.05) is 4.90 Å². The first-order valence-electron chi connectivity index (χ1n) is 5.82. The lowest BCUT2D eigenvalue weighted by Crippen LogP contribution is -2.29. The Balaban J connectivity index is 3.04. The number of nitriles is 1. The summed E-state index contributed by atoms with van der Waals surface area (Å²) in [4.78, 5) is 2.02. The van der Waals surface area contributed by atoms with Crippen LogP contribution in [-0.4, -0.2) is 13.1 Å². The largest absolute Gasteiger partial charge is 0.397 e. The molecule has 0 heterocycles. The van der Waals surface area contributed by atoms with Gasteiger partial charge in [0.05, 0.1) is 28.3 Å². The Morgan fingerprint density at radius 1 is 1.50 bits per heavy atom. The van der Waals surface area contributed by atoms with Gasteiger partial charge in [-0.15, -0.1) is 0 Å². The molecule has 0 bridgehead atoms. The maximum Gasteiger partial charge on any atom is 0.139 e. The Hall–Kier alpha value is -1.28. The van der Waals surface area contributed by atoms with Crippen molar-refractivity contribution in [3.05, 3.63) is 22.4 Å². The predicted octanol–water partition coefficient (Wildman–Crippen LogP) is 3.55. The molecular weight excluding hydrogens is 297 g/mol. The van der Waals surface area contributed by atoms with Crippen LogP contribution in [0.25, 0.3) is 0 Å². The van der Waals surface area contributed by atoms with Crippen LogP contribution in [0.4, 0.5) is 15.8 Å². The third-order valence-electron chi connectivity index (χ3n) is 2.49. The summed E-state index contributed by atoms with van der Waals surface area (Å²) in [7, 11) is 0. The van der Waals surface area contributed by atoms with Gasteiger partial charge in [0.25, 0.3) is 0 Å². The Labute approximate surface area is 116 Å². The topological polar surface area (TPSA) is 53.0 Å². The van der Waals surface area contributed by atoms with E-state index in [0.29, 0.717) is 29.0 Å². The summed E-state index contributed by atoms with van der Waals surface area (Å²) in [5.41, 5.74) is 7.02. The first kappa shape index (κ1) is 14.8. The molecule has 2 N–H and O–H groups in total. The van der Waals surface area contributed by atoms with E-state index >= 15 is 0 Å². The molecule has 0 aromatic heterocycles. The van der Waals surface area contributed by atoms with E-state index in [2.05, 4.69) is 35.8 Å². The molecule has 18 heavy (non-hydrogen) atoms. The SMILES string of the molecule is CC(C)CN(CCC#N)c1cc(Br)c(F)cc1N. The number of halogens is 2. The minimum absolute atomic E-state index is 0.374. The quantitative estimate of drug-likeness (QED) is 0.846. The van der Waals surface area contributed by atoms with Gasteiger partial charge in [0.1, 0.15) is 5.82 Å². The molecule has 1 rings (SSSR count). The van der Waals surface area contributed by atoms with Crippen LogP contribution >= 0.6 is 15.9 Å². The predicted molar refractivity (Wildman–Crippen MR) is 75.8 cm³/mol. The van der Waals surface area contributed by atoms with Crippen molar-refractivity contribution in [3.63, 3.8) is 0 Å². The lowest BCUT2D eigenvalue weighted by molar-refractivity contribution is 0.607. The summed E-state index contributed by atoms with van der Waals surface area (Å²) in [6.07, 6.45) is 0.418. The van der Waals surface area contributed by atoms with Crippen molar-refractivity contribution >= 4 is 27.3 Å². The number of nitrogens with two attached hydrogens (primary N) is 1. The van der Waals surface area contributed by atoms with Gasteiger partial charge in [-0.2, -0.15) is 5.26 Å². The van der Waals surface area contributed by atoms with Crippen LogP contribution in [0.2, 0.25) is 0 Å². The van der Waals surface area contributed by atoms with Gasteiger partial charge >= 0.3 is 0 Å². The minimum atomic E-state index is -0.374. The zero-order chi connectivity index (χ0) is 13.7. The van der Waals surface area contributed by atoms with Crippen LogP contribution in [-0.2, 0) is 0 Å². The molecule has 0 radical (unpaired) electrons. The van der Waals surface area contributed by atoms with Crippen LogP contribution < -0.4 is 10.6 Å². The number of anilines is 2. The maximum absolute atomic E-state index is 13.3. The average molecular weight is 314 g/mol. The van der Waals surface area contributed by atoms with Crippen molar-refractivity contribution in [2.24, 2.45) is 5.92 Å². The number of hydrogen-bond acceptors (Lipinski definition) is 3. The summed E-state index contributed by atoms with van der Waals surface area (Å²) < 4.78 is 13.7. The van der Waals surface area contributed by atoms with Crippen LogP contribution in [0, 0.1) is 23.1 Å². The van der Waals surface area contributed by atoms with Crippen LogP contribution in [0.15, 0.2) is 16.6 Å². The molecular formula is C13H17BrFN3. The van der Waals surface area contributed by atoms with Crippen molar-refractivity contribution in [3.8, 4) is 6.07 Å². The van der Waals surface area contributed by atoms with Crippen LogP contribution in [0.3, 0.4) is 0 Å². The Kier molecular flexibility index (Phi) is 5.42. The normalized spacial score (nSPS) is 10.4. The molecule has 0 saturated carbocycles. The molecule has 0 atom stereocenters. The zero-order valence-corrected chi connectivity index (χ0v) is 12.2. The van der Waals surface area contributed by atoms with Crippen LogP contribution in [0.5, 0.6) is 0 Å². The number of benzene rings is 1. The summed E-state index contributed by atoms with van der Waals surface area (Å²) in [6, 6.07) is 5.09. The van der Waals surface area contributed by atoms with Gasteiger partial charge in [0.15, 0.2) is 0 Å². The van der Waals surface area contributed by atoms with Gasteiger partial charge in [0.2, 0.25) is 0 Å². The first-order valence-corrected chi connectivity index (χ1v) is 6.61. The molecule has 1 aromatic rings. The monoisotopic (exact) mass is 313 g/mol. The van der Waals surface area contributed by atoms with E-state index in [4.69, 9.17) is 11.0 Å². The van der Waals surface area contributed by atoms with Crippen LogP contribution in [0.1, 0.15) is 20.3 Å². The maximum atomic E-state index is 13.3. The van der Waals surface area contributed by atoms with Gasteiger partial charge in [-0.3, -0.25) is 0 Å². The molecule has 0 fully saturated rings. The highest BCUT2D eigenvalue weighted by Gasteiger charge is 2.14. The lowest BCUT2D eigenvalue weighted by atomic mass is 10.1. The number of rotatable bonds is 5. The smallest absolute Gasteiger partial charge is 0.139 e. The second-order valence-corrected chi connectivity index (χ2v) is 5.43. The Morgan fingerprint density at radius 2 is 2.17 bits per heavy atom. The van der Waals surface area contributed by atoms with Gasteiger partial charge < -0.3 is 10.6 Å². The fourth-order valence-electron chi connectivity index (χ4n) is 1.76. The number of nitrogen functional groups attached to an aromatic ring is 1. The molecule has 5 heteroatoms. The van der Waals surface area contributed by atoms with E-state index in [1.165, 1.54) is 6.07 Å². The fourth-order valence-corrected chi connectivity index (χ4v) is 2.09. The van der Waals surface area contributed by atoms with E-state index in [0.717, 1.165) is 12.2 Å². The molecule has 0 aliphatic heterocycles. The molecule has 0 amide bonds.